The van der Waals surface area contributed by atoms with E-state index < -0.39 is 11.8 Å². The van der Waals surface area contributed by atoms with Crippen LogP contribution in [0, 0.1) is 0 Å². The van der Waals surface area contributed by atoms with Crippen LogP contribution in [0.15, 0.2) is 24.5 Å². The number of rotatable bonds is 4. The van der Waals surface area contributed by atoms with Gasteiger partial charge in [-0.2, -0.15) is 0 Å². The zero-order valence-corrected chi connectivity index (χ0v) is 11.0. The number of nitrogens with zero attached hydrogens (tertiary/aromatic N) is 3. The average molecular weight is 262 g/mol. The number of hydrogen-bond donors (Lipinski definition) is 1. The smallest absolute Gasteiger partial charge is 0.312 e. The van der Waals surface area contributed by atoms with Crippen molar-refractivity contribution in [3.8, 4) is 0 Å². The molecule has 2 heterocycles. The van der Waals surface area contributed by atoms with Gasteiger partial charge in [0, 0.05) is 38.6 Å². The molecule has 0 spiro atoms. The zero-order valence-electron chi connectivity index (χ0n) is 11.0. The Bertz CT molecular complexity index is 463. The van der Waals surface area contributed by atoms with Gasteiger partial charge >= 0.3 is 11.8 Å². The summed E-state index contributed by atoms with van der Waals surface area (Å²) in [6.07, 6.45) is 3.32. The van der Waals surface area contributed by atoms with Gasteiger partial charge in [0.25, 0.3) is 0 Å². The van der Waals surface area contributed by atoms with E-state index in [-0.39, 0.29) is 12.6 Å². The molecule has 1 aromatic heterocycles. The van der Waals surface area contributed by atoms with E-state index in [1.54, 1.807) is 22.2 Å². The molecule has 1 aliphatic rings. The van der Waals surface area contributed by atoms with Crippen molar-refractivity contribution >= 4 is 11.8 Å². The van der Waals surface area contributed by atoms with Gasteiger partial charge in [-0.3, -0.25) is 14.6 Å². The second kappa shape index (κ2) is 5.79. The number of pyridine rings is 1. The molecule has 0 bridgehead atoms. The molecule has 102 valence electrons. The second-order valence-corrected chi connectivity index (χ2v) is 4.42. The predicted octanol–water partition coefficient (Wildman–Crippen LogP) is -0.228. The second-order valence-electron chi connectivity index (χ2n) is 4.42. The number of carbonyl (C=O) groups excluding carboxylic acids is 2. The molecule has 19 heavy (non-hydrogen) atoms. The van der Waals surface area contributed by atoms with Gasteiger partial charge in [-0.1, -0.05) is 0 Å². The van der Waals surface area contributed by atoms with Crippen LogP contribution in [0.4, 0.5) is 0 Å². The first kappa shape index (κ1) is 13.5. The molecule has 1 unspecified atom stereocenters. The largest absolute Gasteiger partial charge is 0.333 e. The van der Waals surface area contributed by atoms with Gasteiger partial charge in [-0.25, -0.2) is 0 Å². The SMILES string of the molecule is CCN1CCN(C(CN)c2ccncc2)C(=O)C1=O. The van der Waals surface area contributed by atoms with Crippen LogP contribution in [0.1, 0.15) is 18.5 Å². The summed E-state index contributed by atoms with van der Waals surface area (Å²) in [4.78, 5) is 31.1. The normalized spacial score (nSPS) is 17.8. The molecule has 0 saturated carbocycles. The fourth-order valence-corrected chi connectivity index (χ4v) is 2.32. The summed E-state index contributed by atoms with van der Waals surface area (Å²) in [5, 5.41) is 0. The molecule has 0 radical (unpaired) electrons. The van der Waals surface area contributed by atoms with Crippen molar-refractivity contribution in [2.45, 2.75) is 13.0 Å². The van der Waals surface area contributed by atoms with Crippen molar-refractivity contribution in [1.29, 1.82) is 0 Å². The molecule has 1 aromatic rings. The van der Waals surface area contributed by atoms with Gasteiger partial charge in [0.2, 0.25) is 0 Å². The van der Waals surface area contributed by atoms with Crippen molar-refractivity contribution in [1.82, 2.24) is 14.8 Å². The van der Waals surface area contributed by atoms with Crippen molar-refractivity contribution in [3.05, 3.63) is 30.1 Å². The van der Waals surface area contributed by atoms with Crippen LogP contribution in [-0.4, -0.2) is 52.8 Å². The first-order valence-electron chi connectivity index (χ1n) is 6.39. The summed E-state index contributed by atoms with van der Waals surface area (Å²) in [7, 11) is 0. The molecule has 6 heteroatoms. The number of hydrogen-bond acceptors (Lipinski definition) is 4. The standard InChI is InChI=1S/C13H18N4O2/c1-2-16-7-8-17(13(19)12(16)18)11(9-14)10-3-5-15-6-4-10/h3-6,11H,2,7-9,14H2,1H3. The Morgan fingerprint density at radius 1 is 1.26 bits per heavy atom. The third-order valence-electron chi connectivity index (χ3n) is 3.41. The lowest BCUT2D eigenvalue weighted by Crippen LogP contribution is -2.55. The lowest BCUT2D eigenvalue weighted by atomic mass is 10.1. The Hall–Kier alpha value is -1.95. The molecule has 1 fully saturated rings. The Morgan fingerprint density at radius 2 is 1.95 bits per heavy atom. The van der Waals surface area contributed by atoms with Crippen molar-refractivity contribution in [3.63, 3.8) is 0 Å². The van der Waals surface area contributed by atoms with E-state index in [9.17, 15) is 9.59 Å². The maximum atomic E-state index is 12.1. The Kier molecular flexibility index (Phi) is 4.11. The molecule has 0 aromatic carbocycles. The fraction of sp³-hybridized carbons (Fsp3) is 0.462. The van der Waals surface area contributed by atoms with E-state index in [4.69, 9.17) is 5.73 Å². The van der Waals surface area contributed by atoms with Crippen LogP contribution in [0.2, 0.25) is 0 Å². The van der Waals surface area contributed by atoms with Gasteiger partial charge in [0.1, 0.15) is 0 Å². The molecule has 2 rings (SSSR count). The minimum atomic E-state index is -0.472. The lowest BCUT2D eigenvalue weighted by Gasteiger charge is -2.37. The highest BCUT2D eigenvalue weighted by atomic mass is 16.2. The summed E-state index contributed by atoms with van der Waals surface area (Å²) in [5.41, 5.74) is 6.68. The number of aromatic nitrogens is 1. The Morgan fingerprint density at radius 3 is 2.53 bits per heavy atom. The van der Waals surface area contributed by atoms with E-state index >= 15 is 0 Å². The summed E-state index contributed by atoms with van der Waals surface area (Å²) in [6, 6.07) is 3.38. The minimum Gasteiger partial charge on any atom is -0.333 e. The van der Waals surface area contributed by atoms with E-state index in [1.807, 2.05) is 19.1 Å². The number of amides is 2. The van der Waals surface area contributed by atoms with Gasteiger partial charge in [-0.05, 0) is 24.6 Å². The van der Waals surface area contributed by atoms with Crippen LogP contribution in [0.5, 0.6) is 0 Å². The molecule has 0 aliphatic carbocycles. The summed E-state index contributed by atoms with van der Waals surface area (Å²) in [6.45, 7) is 3.78. The van der Waals surface area contributed by atoms with E-state index in [1.165, 1.54) is 0 Å². The molecule has 6 nitrogen and oxygen atoms in total. The Balaban J connectivity index is 2.21. The highest BCUT2D eigenvalue weighted by molar-refractivity contribution is 6.35. The third-order valence-corrected chi connectivity index (χ3v) is 3.41. The van der Waals surface area contributed by atoms with Crippen LogP contribution in [0.3, 0.4) is 0 Å². The lowest BCUT2D eigenvalue weighted by molar-refractivity contribution is -0.157. The number of likely N-dealkylation sites (N-methyl/N-ethyl adjacent to an activating group) is 1. The molecule has 2 amide bonds. The predicted molar refractivity (Wildman–Crippen MR) is 70.0 cm³/mol. The van der Waals surface area contributed by atoms with Crippen LogP contribution >= 0.6 is 0 Å². The van der Waals surface area contributed by atoms with Gasteiger partial charge in [0.15, 0.2) is 0 Å². The highest BCUT2D eigenvalue weighted by Crippen LogP contribution is 2.21. The molecule has 1 atom stereocenters. The number of piperazine rings is 1. The van der Waals surface area contributed by atoms with Crippen molar-refractivity contribution in [2.24, 2.45) is 5.73 Å². The minimum absolute atomic E-state index is 0.265. The monoisotopic (exact) mass is 262 g/mol. The molecular formula is C13H18N4O2. The average Bonchev–Trinajstić information content (AvgIpc) is 2.45. The van der Waals surface area contributed by atoms with Gasteiger partial charge in [-0.15, -0.1) is 0 Å². The molecule has 2 N–H and O–H groups in total. The van der Waals surface area contributed by atoms with Crippen molar-refractivity contribution in [2.75, 3.05) is 26.2 Å². The highest BCUT2D eigenvalue weighted by Gasteiger charge is 2.35. The van der Waals surface area contributed by atoms with Crippen LogP contribution in [0.25, 0.3) is 0 Å². The summed E-state index contributed by atoms with van der Waals surface area (Å²) >= 11 is 0. The third kappa shape index (κ3) is 2.58. The molecule has 1 aliphatic heterocycles. The number of carbonyl (C=O) groups is 2. The first-order chi connectivity index (χ1) is 9.19. The van der Waals surface area contributed by atoms with Gasteiger partial charge < -0.3 is 15.5 Å². The molecule has 1 saturated heterocycles. The topological polar surface area (TPSA) is 79.5 Å². The Labute approximate surface area is 112 Å². The van der Waals surface area contributed by atoms with Crippen LogP contribution < -0.4 is 5.73 Å². The fourth-order valence-electron chi connectivity index (χ4n) is 2.32. The van der Waals surface area contributed by atoms with Crippen LogP contribution in [-0.2, 0) is 9.59 Å². The number of nitrogens with two attached hydrogens (primary N) is 1. The van der Waals surface area contributed by atoms with Gasteiger partial charge in [0.05, 0.1) is 6.04 Å². The van der Waals surface area contributed by atoms with E-state index in [0.717, 1.165) is 5.56 Å². The maximum Gasteiger partial charge on any atom is 0.312 e. The van der Waals surface area contributed by atoms with E-state index in [0.29, 0.717) is 19.6 Å². The maximum absolute atomic E-state index is 12.1. The van der Waals surface area contributed by atoms with Crippen molar-refractivity contribution < 1.29 is 9.59 Å². The zero-order chi connectivity index (χ0) is 13.8. The summed E-state index contributed by atoms with van der Waals surface area (Å²) in [5.74, 6) is -0.915. The first-order valence-corrected chi connectivity index (χ1v) is 6.39. The molecular weight excluding hydrogens is 244 g/mol. The van der Waals surface area contributed by atoms with E-state index in [2.05, 4.69) is 4.98 Å². The summed E-state index contributed by atoms with van der Waals surface area (Å²) < 4.78 is 0. The quantitative estimate of drug-likeness (QED) is 0.760.